The van der Waals surface area contributed by atoms with Gasteiger partial charge >= 0.3 is 0 Å². The van der Waals surface area contributed by atoms with Crippen LogP contribution >= 0.6 is 0 Å². The van der Waals surface area contributed by atoms with Crippen molar-refractivity contribution in [2.45, 2.75) is 6.54 Å². The highest BCUT2D eigenvalue weighted by atomic mass is 19.1. The molecule has 4 heteroatoms. The van der Waals surface area contributed by atoms with E-state index in [1.165, 1.54) is 12.1 Å². The third kappa shape index (κ3) is 3.91. The third-order valence-electron chi connectivity index (χ3n) is 2.90. The Balaban J connectivity index is 2.10. The molecule has 3 nitrogen and oxygen atoms in total. The van der Waals surface area contributed by atoms with Crippen molar-refractivity contribution in [2.24, 2.45) is 5.73 Å². The number of halogens is 1. The van der Waals surface area contributed by atoms with E-state index in [0.717, 1.165) is 11.1 Å². The summed E-state index contributed by atoms with van der Waals surface area (Å²) in [6.07, 6.45) is 0. The number of carbonyl (C=O) groups is 1. The lowest BCUT2D eigenvalue weighted by atomic mass is 10.1. The number of hydrogen-bond donors (Lipinski definition) is 2. The fourth-order valence-electron chi connectivity index (χ4n) is 1.86. The van der Waals surface area contributed by atoms with E-state index in [0.29, 0.717) is 0 Å². The number of amides is 1. The number of nitrogens with one attached hydrogen (secondary N) is 1. The number of rotatable bonds is 3. The molecule has 3 N–H and O–H groups in total. The average molecular weight is 282 g/mol. The summed E-state index contributed by atoms with van der Waals surface area (Å²) in [4.78, 5) is 12.0. The van der Waals surface area contributed by atoms with Crippen LogP contribution < -0.4 is 11.1 Å². The summed E-state index contributed by atoms with van der Waals surface area (Å²) < 4.78 is 13.5. The molecule has 1 amide bonds. The third-order valence-corrected chi connectivity index (χ3v) is 2.90. The van der Waals surface area contributed by atoms with Gasteiger partial charge in [-0.05, 0) is 23.8 Å². The van der Waals surface area contributed by atoms with E-state index in [1.54, 1.807) is 12.1 Å². The topological polar surface area (TPSA) is 55.1 Å². The van der Waals surface area contributed by atoms with Crippen molar-refractivity contribution in [3.63, 3.8) is 0 Å². The highest BCUT2D eigenvalue weighted by Gasteiger charge is 2.10. The largest absolute Gasteiger partial charge is 0.348 e. The normalized spacial score (nSPS) is 9.62. The number of nitrogens with two attached hydrogens (primary N) is 1. The number of benzene rings is 2. The molecule has 2 aromatic carbocycles. The number of carbonyl (C=O) groups excluding carboxylic acids is 1. The molecule has 0 fully saturated rings. The van der Waals surface area contributed by atoms with Crippen LogP contribution in [0.25, 0.3) is 0 Å². The zero-order valence-corrected chi connectivity index (χ0v) is 11.4. The van der Waals surface area contributed by atoms with E-state index in [1.807, 2.05) is 24.3 Å². The first-order chi connectivity index (χ1) is 10.2. The van der Waals surface area contributed by atoms with Gasteiger partial charge in [-0.2, -0.15) is 0 Å². The maximum atomic E-state index is 13.5. The van der Waals surface area contributed by atoms with Crippen molar-refractivity contribution in [3.05, 3.63) is 71.0 Å². The van der Waals surface area contributed by atoms with Crippen LogP contribution in [0.3, 0.4) is 0 Å². The van der Waals surface area contributed by atoms with Gasteiger partial charge in [0.15, 0.2) is 0 Å². The molecule has 0 heterocycles. The molecule has 0 saturated heterocycles. The standard InChI is InChI=1S/C17H15FN2O/c18-16-10-4-3-9-15(16)17(21)20-12-14-7-2-1-6-13(14)8-5-11-19/h1-4,6-7,9-10H,11-12,19H2,(H,20,21). The van der Waals surface area contributed by atoms with Crippen molar-refractivity contribution in [3.8, 4) is 11.8 Å². The fraction of sp³-hybridized carbons (Fsp3) is 0.118. The zero-order chi connectivity index (χ0) is 15.1. The zero-order valence-electron chi connectivity index (χ0n) is 11.4. The molecular weight excluding hydrogens is 267 g/mol. The van der Waals surface area contributed by atoms with Crippen molar-refractivity contribution >= 4 is 5.91 Å². The molecule has 0 unspecified atom stereocenters. The highest BCUT2D eigenvalue weighted by molar-refractivity contribution is 5.94. The van der Waals surface area contributed by atoms with Crippen LogP contribution in [0.5, 0.6) is 0 Å². The quantitative estimate of drug-likeness (QED) is 0.847. The Morgan fingerprint density at radius 1 is 1.14 bits per heavy atom. The van der Waals surface area contributed by atoms with Crippen LogP contribution in [-0.2, 0) is 6.54 Å². The summed E-state index contributed by atoms with van der Waals surface area (Å²) in [6.45, 7) is 0.554. The second kappa shape index (κ2) is 7.22. The van der Waals surface area contributed by atoms with Gasteiger partial charge in [-0.15, -0.1) is 0 Å². The maximum Gasteiger partial charge on any atom is 0.254 e. The molecular formula is C17H15FN2O. The summed E-state index contributed by atoms with van der Waals surface area (Å²) in [5, 5.41) is 2.69. The molecule has 21 heavy (non-hydrogen) atoms. The smallest absolute Gasteiger partial charge is 0.254 e. The van der Waals surface area contributed by atoms with Gasteiger partial charge in [0.1, 0.15) is 5.82 Å². The first kappa shape index (κ1) is 14.8. The minimum atomic E-state index is -0.536. The van der Waals surface area contributed by atoms with Gasteiger partial charge in [0.2, 0.25) is 0 Å². The van der Waals surface area contributed by atoms with E-state index in [9.17, 15) is 9.18 Å². The lowest BCUT2D eigenvalue weighted by Crippen LogP contribution is -2.24. The van der Waals surface area contributed by atoms with E-state index in [2.05, 4.69) is 17.2 Å². The van der Waals surface area contributed by atoms with Crippen molar-refractivity contribution < 1.29 is 9.18 Å². The molecule has 0 bridgehead atoms. The Labute approximate surface area is 123 Å². The Hall–Kier alpha value is -2.64. The minimum Gasteiger partial charge on any atom is -0.348 e. The second-order valence-electron chi connectivity index (χ2n) is 4.33. The van der Waals surface area contributed by atoms with Crippen LogP contribution in [0.15, 0.2) is 48.5 Å². The Morgan fingerprint density at radius 2 is 1.86 bits per heavy atom. The highest BCUT2D eigenvalue weighted by Crippen LogP contribution is 2.09. The second-order valence-corrected chi connectivity index (χ2v) is 4.33. The first-order valence-electron chi connectivity index (χ1n) is 6.52. The maximum absolute atomic E-state index is 13.5. The summed E-state index contributed by atoms with van der Waals surface area (Å²) in [6, 6.07) is 13.3. The average Bonchev–Trinajstić information content (AvgIpc) is 2.52. The summed E-state index contributed by atoms with van der Waals surface area (Å²) in [7, 11) is 0. The van der Waals surface area contributed by atoms with Gasteiger partial charge in [-0.1, -0.05) is 42.2 Å². The molecule has 2 rings (SSSR count). The molecule has 2 aromatic rings. The Kier molecular flexibility index (Phi) is 5.08. The Morgan fingerprint density at radius 3 is 2.62 bits per heavy atom. The van der Waals surface area contributed by atoms with Gasteiger partial charge in [0.25, 0.3) is 5.91 Å². The first-order valence-corrected chi connectivity index (χ1v) is 6.52. The monoisotopic (exact) mass is 282 g/mol. The van der Waals surface area contributed by atoms with E-state index >= 15 is 0 Å². The molecule has 0 aliphatic rings. The van der Waals surface area contributed by atoms with E-state index < -0.39 is 11.7 Å². The molecule has 0 aliphatic heterocycles. The molecule has 0 atom stereocenters. The van der Waals surface area contributed by atoms with Crippen LogP contribution in [0.2, 0.25) is 0 Å². The lowest BCUT2D eigenvalue weighted by Gasteiger charge is -2.08. The fourth-order valence-corrected chi connectivity index (χ4v) is 1.86. The van der Waals surface area contributed by atoms with E-state index in [4.69, 9.17) is 5.73 Å². The minimum absolute atomic E-state index is 0.0306. The van der Waals surface area contributed by atoms with Gasteiger partial charge in [0, 0.05) is 12.1 Å². The van der Waals surface area contributed by atoms with Crippen molar-refractivity contribution in [1.29, 1.82) is 0 Å². The summed E-state index contributed by atoms with van der Waals surface area (Å²) in [5.41, 5.74) is 7.05. The predicted octanol–water partition coefficient (Wildman–Crippen LogP) is 2.07. The molecule has 0 radical (unpaired) electrons. The van der Waals surface area contributed by atoms with Gasteiger partial charge in [0.05, 0.1) is 12.1 Å². The number of hydrogen-bond acceptors (Lipinski definition) is 2. The lowest BCUT2D eigenvalue weighted by molar-refractivity contribution is 0.0947. The molecule has 0 saturated carbocycles. The summed E-state index contributed by atoms with van der Waals surface area (Å²) in [5.74, 6) is 4.74. The van der Waals surface area contributed by atoms with Crippen molar-refractivity contribution in [2.75, 3.05) is 6.54 Å². The summed E-state index contributed by atoms with van der Waals surface area (Å²) >= 11 is 0. The van der Waals surface area contributed by atoms with Crippen LogP contribution in [-0.4, -0.2) is 12.5 Å². The van der Waals surface area contributed by atoms with Gasteiger partial charge < -0.3 is 11.1 Å². The Bertz CT molecular complexity index is 701. The van der Waals surface area contributed by atoms with Gasteiger partial charge in [-0.3, -0.25) is 4.79 Å². The van der Waals surface area contributed by atoms with Crippen LogP contribution in [0, 0.1) is 17.7 Å². The van der Waals surface area contributed by atoms with Gasteiger partial charge in [-0.25, -0.2) is 4.39 Å². The SMILES string of the molecule is NCC#Cc1ccccc1CNC(=O)c1ccccc1F. The molecule has 0 spiro atoms. The molecule has 106 valence electrons. The predicted molar refractivity (Wildman–Crippen MR) is 79.9 cm³/mol. The van der Waals surface area contributed by atoms with E-state index in [-0.39, 0.29) is 18.7 Å². The van der Waals surface area contributed by atoms with Crippen LogP contribution in [0.1, 0.15) is 21.5 Å². The molecule has 0 aliphatic carbocycles. The van der Waals surface area contributed by atoms with Crippen LogP contribution in [0.4, 0.5) is 4.39 Å². The van der Waals surface area contributed by atoms with Crippen molar-refractivity contribution in [1.82, 2.24) is 5.32 Å². The molecule has 0 aromatic heterocycles.